The first-order chi connectivity index (χ1) is 8.19. The van der Waals surface area contributed by atoms with E-state index in [-0.39, 0.29) is 24.2 Å². The zero-order valence-electron chi connectivity index (χ0n) is 11.4. The number of carbonyl (C=O) groups excluding carboxylic acids is 1. The van der Waals surface area contributed by atoms with E-state index in [0.717, 1.165) is 32.5 Å². The summed E-state index contributed by atoms with van der Waals surface area (Å²) in [4.78, 5) is 14.2. The van der Waals surface area contributed by atoms with Gasteiger partial charge in [0.05, 0.1) is 12.5 Å². The number of hydrogen-bond donors (Lipinski definition) is 2. The van der Waals surface area contributed by atoms with E-state index in [1.165, 1.54) is 0 Å². The summed E-state index contributed by atoms with van der Waals surface area (Å²) in [6.07, 6.45) is 2.06. The molecule has 3 N–H and O–H groups in total. The van der Waals surface area contributed by atoms with E-state index >= 15 is 0 Å². The number of methoxy groups -OCH3 is 1. The molecule has 1 fully saturated rings. The Labute approximate surface area is 116 Å². The Morgan fingerprint density at radius 3 is 2.94 bits per heavy atom. The van der Waals surface area contributed by atoms with Crippen molar-refractivity contribution in [1.29, 1.82) is 0 Å². The van der Waals surface area contributed by atoms with Crippen LogP contribution >= 0.6 is 12.4 Å². The van der Waals surface area contributed by atoms with Crippen molar-refractivity contribution >= 4 is 18.3 Å². The maximum absolute atomic E-state index is 11.9. The molecule has 1 rings (SSSR count). The zero-order chi connectivity index (χ0) is 12.7. The van der Waals surface area contributed by atoms with E-state index in [9.17, 15) is 4.79 Å². The number of likely N-dealkylation sites (tertiary alicyclic amines) is 1. The van der Waals surface area contributed by atoms with Crippen molar-refractivity contribution in [2.75, 3.05) is 39.9 Å². The molecule has 6 heteroatoms. The van der Waals surface area contributed by atoms with Crippen LogP contribution in [0, 0.1) is 5.92 Å². The predicted molar refractivity (Wildman–Crippen MR) is 74.9 cm³/mol. The lowest BCUT2D eigenvalue weighted by molar-refractivity contribution is -0.127. The number of halogens is 1. The molecule has 1 heterocycles. The number of nitrogens with one attached hydrogen (secondary N) is 1. The van der Waals surface area contributed by atoms with E-state index < -0.39 is 0 Å². The third-order valence-electron chi connectivity index (χ3n) is 3.30. The molecule has 5 nitrogen and oxygen atoms in total. The number of amides is 1. The number of piperidine rings is 1. The number of ether oxygens (including phenoxy) is 1. The highest BCUT2D eigenvalue weighted by Gasteiger charge is 2.27. The summed E-state index contributed by atoms with van der Waals surface area (Å²) in [7, 11) is 1.71. The fraction of sp³-hybridized carbons (Fsp3) is 0.917. The average molecular weight is 280 g/mol. The number of nitrogens with two attached hydrogens (primary N) is 1. The molecule has 0 aromatic rings. The van der Waals surface area contributed by atoms with Gasteiger partial charge in [-0.15, -0.1) is 12.4 Å². The van der Waals surface area contributed by atoms with Gasteiger partial charge in [-0.25, -0.2) is 0 Å². The largest absolute Gasteiger partial charge is 0.383 e. The molecule has 18 heavy (non-hydrogen) atoms. The van der Waals surface area contributed by atoms with Crippen LogP contribution in [0.25, 0.3) is 0 Å². The molecule has 1 aliphatic rings. The third-order valence-corrected chi connectivity index (χ3v) is 3.30. The molecule has 0 spiro atoms. The second kappa shape index (κ2) is 9.55. The molecular weight excluding hydrogens is 254 g/mol. The molecule has 0 aromatic carbocycles. The molecule has 0 radical (unpaired) electrons. The SMILES string of the molecule is COCC(C)N1CCCC(C(=O)NCCN)C1.Cl. The fourth-order valence-corrected chi connectivity index (χ4v) is 2.31. The molecule has 0 aromatic heterocycles. The highest BCUT2D eigenvalue weighted by atomic mass is 35.5. The van der Waals surface area contributed by atoms with E-state index in [4.69, 9.17) is 10.5 Å². The second-order valence-corrected chi connectivity index (χ2v) is 4.72. The Morgan fingerprint density at radius 2 is 2.33 bits per heavy atom. The quantitative estimate of drug-likeness (QED) is 0.730. The summed E-state index contributed by atoms with van der Waals surface area (Å²) in [5, 5.41) is 2.87. The van der Waals surface area contributed by atoms with Gasteiger partial charge in [-0.3, -0.25) is 9.69 Å². The smallest absolute Gasteiger partial charge is 0.224 e. The van der Waals surface area contributed by atoms with Crippen LogP contribution in [-0.2, 0) is 9.53 Å². The maximum atomic E-state index is 11.9. The number of nitrogens with zero attached hydrogens (tertiary/aromatic N) is 1. The first kappa shape index (κ1) is 17.6. The lowest BCUT2D eigenvalue weighted by Crippen LogP contribution is -2.48. The van der Waals surface area contributed by atoms with Gasteiger partial charge in [0.15, 0.2) is 0 Å². The van der Waals surface area contributed by atoms with Crippen LogP contribution in [0.1, 0.15) is 19.8 Å². The minimum Gasteiger partial charge on any atom is -0.383 e. The van der Waals surface area contributed by atoms with Gasteiger partial charge in [0.25, 0.3) is 0 Å². The van der Waals surface area contributed by atoms with Crippen LogP contribution in [-0.4, -0.2) is 56.7 Å². The highest BCUT2D eigenvalue weighted by Crippen LogP contribution is 2.18. The second-order valence-electron chi connectivity index (χ2n) is 4.72. The maximum Gasteiger partial charge on any atom is 0.224 e. The first-order valence-corrected chi connectivity index (χ1v) is 6.39. The Hall–Kier alpha value is -0.360. The van der Waals surface area contributed by atoms with E-state index in [2.05, 4.69) is 17.1 Å². The Kier molecular flexibility index (Phi) is 9.36. The Morgan fingerprint density at radius 1 is 1.61 bits per heavy atom. The molecule has 1 aliphatic heterocycles. The Balaban J connectivity index is 0.00000289. The van der Waals surface area contributed by atoms with Crippen molar-refractivity contribution < 1.29 is 9.53 Å². The summed E-state index contributed by atoms with van der Waals surface area (Å²) in [5.74, 6) is 0.249. The molecule has 1 amide bonds. The molecule has 1 saturated heterocycles. The van der Waals surface area contributed by atoms with Crippen LogP contribution in [0.3, 0.4) is 0 Å². The summed E-state index contributed by atoms with van der Waals surface area (Å²) in [6.45, 7) is 5.83. The summed E-state index contributed by atoms with van der Waals surface area (Å²) >= 11 is 0. The monoisotopic (exact) mass is 279 g/mol. The fourth-order valence-electron chi connectivity index (χ4n) is 2.31. The lowest BCUT2D eigenvalue weighted by Gasteiger charge is -2.35. The van der Waals surface area contributed by atoms with Crippen molar-refractivity contribution in [3.63, 3.8) is 0 Å². The molecule has 0 saturated carbocycles. The normalized spacial score (nSPS) is 22.1. The number of rotatable bonds is 6. The van der Waals surface area contributed by atoms with Crippen molar-refractivity contribution in [2.45, 2.75) is 25.8 Å². The standard InChI is InChI=1S/C12H25N3O2.ClH/c1-10(9-17-2)15-7-3-4-11(8-15)12(16)14-6-5-13;/h10-11H,3-9,13H2,1-2H3,(H,14,16);1H. The summed E-state index contributed by atoms with van der Waals surface area (Å²) in [5.41, 5.74) is 5.38. The molecule has 2 unspecified atom stereocenters. The van der Waals surface area contributed by atoms with Gasteiger partial charge in [0.2, 0.25) is 5.91 Å². The van der Waals surface area contributed by atoms with Crippen LogP contribution in [0.4, 0.5) is 0 Å². The number of carbonyl (C=O) groups is 1. The first-order valence-electron chi connectivity index (χ1n) is 6.39. The van der Waals surface area contributed by atoms with Crippen LogP contribution in [0.15, 0.2) is 0 Å². The molecule has 108 valence electrons. The average Bonchev–Trinajstić information content (AvgIpc) is 2.36. The third kappa shape index (κ3) is 5.52. The lowest BCUT2D eigenvalue weighted by atomic mass is 9.96. The molecular formula is C12H26ClN3O2. The molecule has 0 aliphatic carbocycles. The van der Waals surface area contributed by atoms with E-state index in [0.29, 0.717) is 19.1 Å². The van der Waals surface area contributed by atoms with Gasteiger partial charge in [-0.1, -0.05) is 0 Å². The zero-order valence-corrected chi connectivity index (χ0v) is 12.2. The predicted octanol–water partition coefficient (Wildman–Crippen LogP) is 0.230. The highest BCUT2D eigenvalue weighted by molar-refractivity contribution is 5.85. The minimum atomic E-state index is 0. The van der Waals surface area contributed by atoms with E-state index in [1.54, 1.807) is 7.11 Å². The summed E-state index contributed by atoms with van der Waals surface area (Å²) < 4.78 is 5.16. The topological polar surface area (TPSA) is 67.6 Å². The number of hydrogen-bond acceptors (Lipinski definition) is 4. The van der Waals surface area contributed by atoms with Crippen molar-refractivity contribution in [3.8, 4) is 0 Å². The van der Waals surface area contributed by atoms with Crippen LogP contribution < -0.4 is 11.1 Å². The Bertz CT molecular complexity index is 241. The van der Waals surface area contributed by atoms with Gasteiger partial charge in [0, 0.05) is 32.8 Å². The van der Waals surface area contributed by atoms with Crippen molar-refractivity contribution in [2.24, 2.45) is 11.7 Å². The van der Waals surface area contributed by atoms with Crippen molar-refractivity contribution in [3.05, 3.63) is 0 Å². The summed E-state index contributed by atoms with van der Waals surface area (Å²) in [6, 6.07) is 0.380. The van der Waals surface area contributed by atoms with Crippen LogP contribution in [0.5, 0.6) is 0 Å². The van der Waals surface area contributed by atoms with Crippen LogP contribution in [0.2, 0.25) is 0 Å². The van der Waals surface area contributed by atoms with Gasteiger partial charge < -0.3 is 15.8 Å². The van der Waals surface area contributed by atoms with Gasteiger partial charge in [0.1, 0.15) is 0 Å². The van der Waals surface area contributed by atoms with Gasteiger partial charge >= 0.3 is 0 Å². The molecule has 0 bridgehead atoms. The van der Waals surface area contributed by atoms with Gasteiger partial charge in [-0.05, 0) is 26.3 Å². The van der Waals surface area contributed by atoms with Gasteiger partial charge in [-0.2, -0.15) is 0 Å². The van der Waals surface area contributed by atoms with E-state index in [1.807, 2.05) is 0 Å². The van der Waals surface area contributed by atoms with Crippen molar-refractivity contribution in [1.82, 2.24) is 10.2 Å². The molecule has 2 atom stereocenters. The minimum absolute atomic E-state index is 0.